The Hall–Kier alpha value is -0.770. The van der Waals surface area contributed by atoms with E-state index in [2.05, 4.69) is 5.32 Å². The van der Waals surface area contributed by atoms with Gasteiger partial charge in [0.05, 0.1) is 0 Å². The van der Waals surface area contributed by atoms with Crippen LogP contribution in [0, 0.1) is 5.92 Å². The van der Waals surface area contributed by atoms with Crippen molar-refractivity contribution in [1.29, 1.82) is 0 Å². The molecule has 0 spiro atoms. The normalized spacial score (nSPS) is 18.6. The van der Waals surface area contributed by atoms with Gasteiger partial charge in [-0.1, -0.05) is 32.1 Å². The first-order valence-corrected chi connectivity index (χ1v) is 7.94. The van der Waals surface area contributed by atoms with Crippen LogP contribution in [0.1, 0.15) is 59.3 Å². The van der Waals surface area contributed by atoms with Crippen LogP contribution < -0.4 is 5.32 Å². The Kier molecular flexibility index (Phi) is 6.80. The molecule has 1 N–H and O–H groups in total. The average molecular weight is 284 g/mol. The molecule has 0 bridgehead atoms. The van der Waals surface area contributed by atoms with Gasteiger partial charge in [0.2, 0.25) is 0 Å². The van der Waals surface area contributed by atoms with E-state index in [0.29, 0.717) is 0 Å². The van der Waals surface area contributed by atoms with E-state index in [4.69, 9.17) is 4.74 Å². The highest BCUT2D eigenvalue weighted by molar-refractivity contribution is 5.68. The molecule has 4 nitrogen and oxygen atoms in total. The first-order valence-electron chi connectivity index (χ1n) is 7.94. The van der Waals surface area contributed by atoms with E-state index >= 15 is 0 Å². The van der Waals surface area contributed by atoms with Crippen LogP contribution in [0.15, 0.2) is 0 Å². The Morgan fingerprint density at radius 2 is 1.90 bits per heavy atom. The fourth-order valence-electron chi connectivity index (χ4n) is 2.90. The minimum absolute atomic E-state index is 0.214. The molecule has 0 aromatic rings. The van der Waals surface area contributed by atoms with Crippen LogP contribution in [-0.4, -0.2) is 43.3 Å². The first-order chi connectivity index (χ1) is 9.33. The number of likely N-dealkylation sites (N-methyl/N-ethyl adjacent to an activating group) is 2. The van der Waals surface area contributed by atoms with Gasteiger partial charge in [-0.25, -0.2) is 4.79 Å². The lowest BCUT2D eigenvalue weighted by Gasteiger charge is -2.33. The van der Waals surface area contributed by atoms with Crippen molar-refractivity contribution in [2.24, 2.45) is 5.92 Å². The van der Waals surface area contributed by atoms with Crippen molar-refractivity contribution in [3.63, 3.8) is 0 Å². The highest BCUT2D eigenvalue weighted by Gasteiger charge is 2.27. The number of rotatable bonds is 5. The van der Waals surface area contributed by atoms with E-state index in [9.17, 15) is 4.79 Å². The van der Waals surface area contributed by atoms with Crippen LogP contribution in [0.25, 0.3) is 0 Å². The first kappa shape index (κ1) is 17.3. The van der Waals surface area contributed by atoms with Gasteiger partial charge in [0.15, 0.2) is 0 Å². The molecule has 0 aliphatic heterocycles. The number of ether oxygens (including phenoxy) is 1. The van der Waals surface area contributed by atoms with Gasteiger partial charge in [-0.15, -0.1) is 0 Å². The summed E-state index contributed by atoms with van der Waals surface area (Å²) in [5.74, 6) is 0.756. The Morgan fingerprint density at radius 3 is 2.40 bits per heavy atom. The van der Waals surface area contributed by atoms with Gasteiger partial charge in [0.1, 0.15) is 5.60 Å². The lowest BCUT2D eigenvalue weighted by molar-refractivity contribution is 0.0196. The molecule has 1 atom stereocenters. The maximum atomic E-state index is 12.2. The van der Waals surface area contributed by atoms with Crippen LogP contribution in [0.5, 0.6) is 0 Å². The topological polar surface area (TPSA) is 41.6 Å². The third-order valence-electron chi connectivity index (χ3n) is 4.00. The number of carbonyl (C=O) groups is 1. The molecule has 4 heteroatoms. The fraction of sp³-hybridized carbons (Fsp3) is 0.938. The Labute approximate surface area is 124 Å². The predicted molar refractivity (Wildman–Crippen MR) is 82.9 cm³/mol. The predicted octanol–water partition coefficient (Wildman–Crippen LogP) is 3.41. The van der Waals surface area contributed by atoms with E-state index in [1.54, 1.807) is 4.90 Å². The second-order valence-electron chi connectivity index (χ2n) is 7.04. The summed E-state index contributed by atoms with van der Waals surface area (Å²) in [4.78, 5) is 14.0. The maximum Gasteiger partial charge on any atom is 0.410 e. The van der Waals surface area contributed by atoms with Crippen molar-refractivity contribution in [3.8, 4) is 0 Å². The van der Waals surface area contributed by atoms with Gasteiger partial charge in [-0.05, 0) is 40.2 Å². The zero-order valence-corrected chi connectivity index (χ0v) is 13.9. The van der Waals surface area contributed by atoms with E-state index in [0.717, 1.165) is 18.9 Å². The largest absolute Gasteiger partial charge is 0.444 e. The molecule has 1 fully saturated rings. The van der Waals surface area contributed by atoms with E-state index in [-0.39, 0.29) is 12.1 Å². The molecule has 0 radical (unpaired) electrons. The number of carbonyl (C=O) groups excluding carboxylic acids is 1. The highest BCUT2D eigenvalue weighted by Crippen LogP contribution is 2.28. The monoisotopic (exact) mass is 284 g/mol. The summed E-state index contributed by atoms with van der Waals surface area (Å²) in [5, 5.41) is 3.21. The third-order valence-corrected chi connectivity index (χ3v) is 4.00. The summed E-state index contributed by atoms with van der Waals surface area (Å²) in [6.07, 6.45) is 7.53. The average Bonchev–Trinajstić information content (AvgIpc) is 2.36. The number of hydrogen-bond donors (Lipinski definition) is 1. The minimum atomic E-state index is -0.430. The molecule has 0 heterocycles. The molecule has 118 valence electrons. The summed E-state index contributed by atoms with van der Waals surface area (Å²) in [6, 6.07) is 0.220. The van der Waals surface area contributed by atoms with Gasteiger partial charge in [0.25, 0.3) is 0 Å². The summed E-state index contributed by atoms with van der Waals surface area (Å²) < 4.78 is 5.48. The van der Waals surface area contributed by atoms with Crippen molar-refractivity contribution in [1.82, 2.24) is 10.2 Å². The van der Waals surface area contributed by atoms with Gasteiger partial charge in [0, 0.05) is 19.6 Å². The van der Waals surface area contributed by atoms with E-state index in [1.165, 1.54) is 32.1 Å². The SMILES string of the molecule is CNC[C@H](CC1CCCCC1)N(C)C(=O)OC(C)(C)C. The highest BCUT2D eigenvalue weighted by atomic mass is 16.6. The lowest BCUT2D eigenvalue weighted by Crippen LogP contribution is -2.46. The molecular formula is C16H32N2O2. The molecule has 1 aliphatic carbocycles. The standard InChI is InChI=1S/C16H32N2O2/c1-16(2,3)20-15(19)18(5)14(12-17-4)11-13-9-7-6-8-10-13/h13-14,17H,6-12H2,1-5H3/t14-/m0/s1. The molecule has 0 aromatic carbocycles. The Balaban J connectivity index is 2.56. The zero-order valence-electron chi connectivity index (χ0n) is 13.9. The van der Waals surface area contributed by atoms with E-state index < -0.39 is 5.60 Å². The second kappa shape index (κ2) is 7.87. The lowest BCUT2D eigenvalue weighted by atomic mass is 9.84. The van der Waals surface area contributed by atoms with Crippen molar-refractivity contribution in [2.45, 2.75) is 70.9 Å². The second-order valence-corrected chi connectivity index (χ2v) is 7.04. The summed E-state index contributed by atoms with van der Waals surface area (Å²) >= 11 is 0. The van der Waals surface area contributed by atoms with Crippen LogP contribution in [0.3, 0.4) is 0 Å². The van der Waals surface area contributed by atoms with Crippen molar-refractivity contribution >= 4 is 6.09 Å². The molecule has 0 aromatic heterocycles. The fourth-order valence-corrected chi connectivity index (χ4v) is 2.90. The zero-order chi connectivity index (χ0) is 15.2. The maximum absolute atomic E-state index is 12.2. The number of nitrogens with one attached hydrogen (secondary N) is 1. The summed E-state index contributed by atoms with van der Waals surface area (Å²) in [6.45, 7) is 6.55. The quantitative estimate of drug-likeness (QED) is 0.841. The van der Waals surface area contributed by atoms with Crippen molar-refractivity contribution in [2.75, 3.05) is 20.6 Å². The molecule has 1 rings (SSSR count). The molecule has 0 saturated heterocycles. The molecule has 0 unspecified atom stereocenters. The number of amides is 1. The molecular weight excluding hydrogens is 252 g/mol. The van der Waals surface area contributed by atoms with Crippen LogP contribution >= 0.6 is 0 Å². The van der Waals surface area contributed by atoms with Crippen LogP contribution in [-0.2, 0) is 4.74 Å². The van der Waals surface area contributed by atoms with Crippen molar-refractivity contribution in [3.05, 3.63) is 0 Å². The Bertz CT molecular complexity index is 293. The number of hydrogen-bond acceptors (Lipinski definition) is 3. The molecule has 1 amide bonds. The minimum Gasteiger partial charge on any atom is -0.444 e. The van der Waals surface area contributed by atoms with Gasteiger partial charge in [-0.3, -0.25) is 0 Å². The van der Waals surface area contributed by atoms with Gasteiger partial charge >= 0.3 is 6.09 Å². The molecule has 1 aliphatic rings. The van der Waals surface area contributed by atoms with Crippen molar-refractivity contribution < 1.29 is 9.53 Å². The van der Waals surface area contributed by atoms with Gasteiger partial charge in [-0.2, -0.15) is 0 Å². The smallest absolute Gasteiger partial charge is 0.410 e. The molecule has 20 heavy (non-hydrogen) atoms. The third kappa shape index (κ3) is 6.12. The van der Waals surface area contributed by atoms with Crippen LogP contribution in [0.4, 0.5) is 4.79 Å². The van der Waals surface area contributed by atoms with E-state index in [1.807, 2.05) is 34.9 Å². The summed E-state index contributed by atoms with van der Waals surface area (Å²) in [5.41, 5.74) is -0.430. The Morgan fingerprint density at radius 1 is 1.30 bits per heavy atom. The number of nitrogens with zero attached hydrogens (tertiary/aromatic N) is 1. The van der Waals surface area contributed by atoms with Gasteiger partial charge < -0.3 is 15.0 Å². The van der Waals surface area contributed by atoms with Crippen LogP contribution in [0.2, 0.25) is 0 Å². The summed E-state index contributed by atoms with van der Waals surface area (Å²) in [7, 11) is 3.80. The molecule has 1 saturated carbocycles.